The van der Waals surface area contributed by atoms with Crippen LogP contribution < -0.4 is 0 Å². The Morgan fingerprint density at radius 3 is 1.88 bits per heavy atom. The molecule has 1 heteroatoms. The Hall–Kier alpha value is -0.300. The summed E-state index contributed by atoms with van der Waals surface area (Å²) in [5, 5.41) is 8.60. The van der Waals surface area contributed by atoms with Crippen molar-refractivity contribution >= 4 is 0 Å². The summed E-state index contributed by atoms with van der Waals surface area (Å²) in [6.45, 7) is 7.26. The van der Waals surface area contributed by atoms with E-state index in [0.717, 1.165) is 6.42 Å². The summed E-state index contributed by atoms with van der Waals surface area (Å²) in [7, 11) is 0. The Morgan fingerprint density at radius 2 is 1.29 bits per heavy atom. The summed E-state index contributed by atoms with van der Waals surface area (Å²) in [4.78, 5) is 0. The minimum atomic E-state index is 0.282. The van der Waals surface area contributed by atoms with Crippen LogP contribution in [0.3, 0.4) is 0 Å². The first-order valence-electron chi connectivity index (χ1n) is 7.32. The number of rotatable bonds is 10. The number of hydrogen-bond donors (Lipinski definition) is 1. The van der Waals surface area contributed by atoms with Gasteiger partial charge in [0, 0.05) is 6.61 Å². The average molecular weight is 240 g/mol. The third kappa shape index (κ3) is 15.7. The lowest BCUT2D eigenvalue weighted by Crippen LogP contribution is -2.03. The van der Waals surface area contributed by atoms with Crippen LogP contribution in [-0.2, 0) is 0 Å². The predicted molar refractivity (Wildman–Crippen MR) is 77.2 cm³/mol. The maximum Gasteiger partial charge on any atom is 0.0465 e. The summed E-state index contributed by atoms with van der Waals surface area (Å²) >= 11 is 0. The fourth-order valence-corrected chi connectivity index (χ4v) is 1.93. The van der Waals surface area contributed by atoms with E-state index in [4.69, 9.17) is 5.11 Å². The van der Waals surface area contributed by atoms with E-state index in [0.29, 0.717) is 5.41 Å². The quantitative estimate of drug-likeness (QED) is 0.416. The van der Waals surface area contributed by atoms with Gasteiger partial charge in [-0.2, -0.15) is 0 Å². The first-order chi connectivity index (χ1) is 8.06. The molecular formula is C16H32O. The van der Waals surface area contributed by atoms with Gasteiger partial charge < -0.3 is 5.11 Å². The molecule has 1 N–H and O–H groups in total. The van der Waals surface area contributed by atoms with Crippen molar-refractivity contribution in [3.8, 4) is 0 Å². The smallest absolute Gasteiger partial charge is 0.0465 e. The van der Waals surface area contributed by atoms with E-state index in [1.54, 1.807) is 0 Å². The molecule has 0 aliphatic heterocycles. The molecule has 0 atom stereocenters. The number of allylic oxidation sites excluding steroid dienone is 1. The molecule has 0 saturated heterocycles. The van der Waals surface area contributed by atoms with Gasteiger partial charge in [-0.1, -0.05) is 65.0 Å². The van der Waals surface area contributed by atoms with E-state index < -0.39 is 0 Å². The lowest BCUT2D eigenvalue weighted by Gasteiger charge is -2.17. The molecule has 0 saturated carbocycles. The lowest BCUT2D eigenvalue weighted by molar-refractivity contribution is 0.302. The third-order valence-electron chi connectivity index (χ3n) is 3.01. The first-order valence-corrected chi connectivity index (χ1v) is 7.32. The Morgan fingerprint density at radius 1 is 0.765 bits per heavy atom. The first kappa shape index (κ1) is 16.7. The van der Waals surface area contributed by atoms with Crippen molar-refractivity contribution < 1.29 is 5.11 Å². The molecule has 0 aliphatic carbocycles. The molecule has 0 amide bonds. The molecule has 0 aromatic carbocycles. The highest BCUT2D eigenvalue weighted by Crippen LogP contribution is 2.22. The molecule has 17 heavy (non-hydrogen) atoms. The highest BCUT2D eigenvalue weighted by molar-refractivity contribution is 4.80. The normalized spacial score (nSPS) is 12.5. The van der Waals surface area contributed by atoms with Crippen LogP contribution in [0.1, 0.15) is 78.6 Å². The second-order valence-electron chi connectivity index (χ2n) is 6.20. The van der Waals surface area contributed by atoms with Gasteiger partial charge in [0.25, 0.3) is 0 Å². The van der Waals surface area contributed by atoms with Gasteiger partial charge in [-0.05, 0) is 31.1 Å². The molecule has 102 valence electrons. The van der Waals surface area contributed by atoms with E-state index >= 15 is 0 Å². The molecule has 1 nitrogen and oxygen atoms in total. The molecule has 0 aromatic heterocycles. The fraction of sp³-hybridized carbons (Fsp3) is 0.875. The topological polar surface area (TPSA) is 20.2 Å². The van der Waals surface area contributed by atoms with E-state index in [1.165, 1.54) is 51.4 Å². The minimum absolute atomic E-state index is 0.282. The van der Waals surface area contributed by atoms with Gasteiger partial charge in [0.05, 0.1) is 0 Å². The Balaban J connectivity index is 3.09. The molecule has 0 aromatic rings. The third-order valence-corrected chi connectivity index (χ3v) is 3.01. The number of hydrogen-bond acceptors (Lipinski definition) is 1. The lowest BCUT2D eigenvalue weighted by atomic mass is 9.89. The van der Waals surface area contributed by atoms with Crippen molar-refractivity contribution in [2.75, 3.05) is 6.61 Å². The number of aliphatic hydroxyl groups excluding tert-OH is 1. The monoisotopic (exact) mass is 240 g/mol. The molecule has 0 heterocycles. The zero-order valence-corrected chi connectivity index (χ0v) is 12.2. The van der Waals surface area contributed by atoms with Gasteiger partial charge in [0.2, 0.25) is 0 Å². The summed E-state index contributed by atoms with van der Waals surface area (Å²) in [6.07, 6.45) is 15.9. The Labute approximate surface area is 108 Å². The van der Waals surface area contributed by atoms with Gasteiger partial charge in [-0.3, -0.25) is 0 Å². The summed E-state index contributed by atoms with van der Waals surface area (Å²) in [5.41, 5.74) is 0.511. The maximum atomic E-state index is 8.60. The molecule has 0 radical (unpaired) electrons. The maximum absolute atomic E-state index is 8.60. The van der Waals surface area contributed by atoms with Gasteiger partial charge >= 0.3 is 0 Å². The van der Waals surface area contributed by atoms with Gasteiger partial charge in [-0.25, -0.2) is 0 Å². The van der Waals surface area contributed by atoms with Gasteiger partial charge in [-0.15, -0.1) is 0 Å². The van der Waals surface area contributed by atoms with Crippen LogP contribution in [0.5, 0.6) is 0 Å². The Kier molecular flexibility index (Phi) is 10.6. The van der Waals surface area contributed by atoms with Crippen LogP contribution in [0, 0.1) is 5.41 Å². The standard InChI is InChI=1S/C16H32O/c1-16(2,3)14-12-10-8-6-4-5-7-9-11-13-15-17/h9,11,17H,4-8,10,12-15H2,1-3H3. The molecule has 0 aliphatic rings. The summed E-state index contributed by atoms with van der Waals surface area (Å²) < 4.78 is 0. The molecule has 0 spiro atoms. The van der Waals surface area contributed by atoms with Crippen LogP contribution in [0.4, 0.5) is 0 Å². The van der Waals surface area contributed by atoms with Crippen LogP contribution >= 0.6 is 0 Å². The predicted octanol–water partition coefficient (Wildman–Crippen LogP) is 5.09. The van der Waals surface area contributed by atoms with Crippen molar-refractivity contribution in [3.05, 3.63) is 12.2 Å². The van der Waals surface area contributed by atoms with Gasteiger partial charge in [0.15, 0.2) is 0 Å². The minimum Gasteiger partial charge on any atom is -0.396 e. The van der Waals surface area contributed by atoms with E-state index in [1.807, 2.05) is 0 Å². The van der Waals surface area contributed by atoms with E-state index in [9.17, 15) is 0 Å². The summed E-state index contributed by atoms with van der Waals surface area (Å²) in [5.74, 6) is 0. The van der Waals surface area contributed by atoms with Crippen LogP contribution in [0.2, 0.25) is 0 Å². The molecule has 0 unspecified atom stereocenters. The molecule has 0 fully saturated rings. The van der Waals surface area contributed by atoms with Crippen LogP contribution in [0.25, 0.3) is 0 Å². The van der Waals surface area contributed by atoms with E-state index in [2.05, 4.69) is 32.9 Å². The molecule has 0 rings (SSSR count). The van der Waals surface area contributed by atoms with E-state index in [-0.39, 0.29) is 6.61 Å². The van der Waals surface area contributed by atoms with Gasteiger partial charge in [0.1, 0.15) is 0 Å². The second-order valence-corrected chi connectivity index (χ2v) is 6.20. The average Bonchev–Trinajstić information content (AvgIpc) is 2.24. The van der Waals surface area contributed by atoms with Crippen molar-refractivity contribution in [1.82, 2.24) is 0 Å². The highest BCUT2D eigenvalue weighted by atomic mass is 16.2. The fourth-order valence-electron chi connectivity index (χ4n) is 1.93. The van der Waals surface area contributed by atoms with Crippen molar-refractivity contribution in [2.45, 2.75) is 78.6 Å². The Bertz CT molecular complexity index is 176. The van der Waals surface area contributed by atoms with Crippen LogP contribution in [0.15, 0.2) is 12.2 Å². The zero-order valence-electron chi connectivity index (χ0n) is 12.2. The molecule has 0 bridgehead atoms. The molecular weight excluding hydrogens is 208 g/mol. The SMILES string of the molecule is CC(C)(C)CCCCCCCCC=CCCO. The summed E-state index contributed by atoms with van der Waals surface area (Å²) in [6, 6.07) is 0. The van der Waals surface area contributed by atoms with Crippen molar-refractivity contribution in [2.24, 2.45) is 5.41 Å². The number of unbranched alkanes of at least 4 members (excludes halogenated alkanes) is 6. The van der Waals surface area contributed by atoms with Crippen molar-refractivity contribution in [1.29, 1.82) is 0 Å². The number of aliphatic hydroxyl groups is 1. The largest absolute Gasteiger partial charge is 0.396 e. The zero-order chi connectivity index (χ0) is 13.0. The highest BCUT2D eigenvalue weighted by Gasteiger charge is 2.08. The van der Waals surface area contributed by atoms with Crippen molar-refractivity contribution in [3.63, 3.8) is 0 Å². The van der Waals surface area contributed by atoms with Crippen LogP contribution in [-0.4, -0.2) is 11.7 Å². The second kappa shape index (κ2) is 10.8.